The number of halogens is 2. The zero-order valence-electron chi connectivity index (χ0n) is 17.5. The normalized spacial score (nSPS) is 10.9. The molecule has 0 saturated carbocycles. The molecule has 0 aromatic heterocycles. The number of anilines is 1. The molecule has 0 saturated heterocycles. The Hall–Kier alpha value is -3.08. The van der Waals surface area contributed by atoms with Gasteiger partial charge in [-0.25, -0.2) is 0 Å². The number of amides is 1. The van der Waals surface area contributed by atoms with Gasteiger partial charge in [0.2, 0.25) is 0 Å². The van der Waals surface area contributed by atoms with Gasteiger partial charge in [0.25, 0.3) is 5.91 Å². The topological polar surface area (TPSA) is 71.3 Å². The van der Waals surface area contributed by atoms with E-state index in [0.717, 1.165) is 10.0 Å². The first-order valence-electron chi connectivity index (χ1n) is 9.64. The van der Waals surface area contributed by atoms with Crippen LogP contribution >= 0.6 is 31.9 Å². The number of nitriles is 1. The third-order valence-corrected chi connectivity index (χ3v) is 5.78. The van der Waals surface area contributed by atoms with E-state index in [1.165, 1.54) is 11.6 Å². The molecule has 0 spiro atoms. The first-order valence-corrected chi connectivity index (χ1v) is 11.2. The van der Waals surface area contributed by atoms with Crippen LogP contribution in [0, 0.1) is 18.3 Å². The molecule has 3 aromatic rings. The Morgan fingerprint density at radius 3 is 2.38 bits per heavy atom. The number of nitrogens with one attached hydrogen (secondary N) is 1. The van der Waals surface area contributed by atoms with E-state index in [0.29, 0.717) is 33.8 Å². The van der Waals surface area contributed by atoms with Gasteiger partial charge in [0.1, 0.15) is 18.2 Å². The molecular weight excluding hydrogens is 536 g/mol. The van der Waals surface area contributed by atoms with Crippen molar-refractivity contribution in [3.8, 4) is 17.6 Å². The second kappa shape index (κ2) is 11.0. The molecule has 3 rings (SSSR count). The van der Waals surface area contributed by atoms with Crippen LogP contribution in [-0.2, 0) is 11.4 Å². The second-order valence-corrected chi connectivity index (χ2v) is 8.70. The molecule has 0 unspecified atom stereocenters. The summed E-state index contributed by atoms with van der Waals surface area (Å²) in [6.45, 7) is 2.42. The van der Waals surface area contributed by atoms with Gasteiger partial charge in [-0.05, 0) is 60.5 Å². The number of nitrogens with zero attached hydrogens (tertiary/aromatic N) is 1. The average molecular weight is 556 g/mol. The summed E-state index contributed by atoms with van der Waals surface area (Å²) in [5.74, 6) is 0.549. The van der Waals surface area contributed by atoms with Crippen LogP contribution in [0.25, 0.3) is 6.08 Å². The van der Waals surface area contributed by atoms with Gasteiger partial charge in [0.15, 0.2) is 11.5 Å². The van der Waals surface area contributed by atoms with Crippen molar-refractivity contribution in [1.82, 2.24) is 0 Å². The Morgan fingerprint density at radius 2 is 1.75 bits per heavy atom. The molecule has 0 aliphatic rings. The van der Waals surface area contributed by atoms with Crippen LogP contribution in [0.15, 0.2) is 75.2 Å². The molecule has 5 nitrogen and oxygen atoms in total. The Balaban J connectivity index is 1.80. The molecule has 0 fully saturated rings. The summed E-state index contributed by atoms with van der Waals surface area (Å²) in [6, 6.07) is 20.6. The van der Waals surface area contributed by atoms with Gasteiger partial charge in [-0.3, -0.25) is 4.79 Å². The maximum absolute atomic E-state index is 12.6. The lowest BCUT2D eigenvalue weighted by molar-refractivity contribution is -0.112. The van der Waals surface area contributed by atoms with Crippen LogP contribution in [0.2, 0.25) is 0 Å². The molecule has 7 heteroatoms. The fraction of sp³-hybridized carbons (Fsp3) is 0.120. The predicted molar refractivity (Wildman–Crippen MR) is 133 cm³/mol. The van der Waals surface area contributed by atoms with Crippen molar-refractivity contribution in [3.63, 3.8) is 0 Å². The third kappa shape index (κ3) is 6.22. The summed E-state index contributed by atoms with van der Waals surface area (Å²) in [4.78, 5) is 12.6. The smallest absolute Gasteiger partial charge is 0.266 e. The zero-order valence-corrected chi connectivity index (χ0v) is 20.7. The molecule has 1 N–H and O–H groups in total. The molecule has 0 atom stereocenters. The summed E-state index contributed by atoms with van der Waals surface area (Å²) in [5, 5.41) is 12.2. The number of ether oxygens (including phenoxy) is 2. The maximum atomic E-state index is 12.6. The number of hydrogen-bond donors (Lipinski definition) is 1. The van der Waals surface area contributed by atoms with Crippen molar-refractivity contribution >= 4 is 49.5 Å². The number of rotatable bonds is 7. The van der Waals surface area contributed by atoms with Crippen LogP contribution < -0.4 is 14.8 Å². The summed E-state index contributed by atoms with van der Waals surface area (Å²) in [5.41, 5.74) is 3.39. The lowest BCUT2D eigenvalue weighted by Crippen LogP contribution is -2.13. The Bertz CT molecular complexity index is 1180. The van der Waals surface area contributed by atoms with E-state index in [9.17, 15) is 10.1 Å². The Labute approximate surface area is 203 Å². The SMILES string of the molecule is COc1cc(/C=C(/C#N)C(=O)Nc2ccc(Br)cc2)c(Br)cc1OCc1ccc(C)cc1. The van der Waals surface area contributed by atoms with Gasteiger partial charge in [-0.1, -0.05) is 61.7 Å². The van der Waals surface area contributed by atoms with Crippen LogP contribution in [-0.4, -0.2) is 13.0 Å². The monoisotopic (exact) mass is 554 g/mol. The number of hydrogen-bond acceptors (Lipinski definition) is 4. The minimum Gasteiger partial charge on any atom is -0.493 e. The fourth-order valence-electron chi connectivity index (χ4n) is 2.81. The van der Waals surface area contributed by atoms with E-state index in [4.69, 9.17) is 9.47 Å². The highest BCUT2D eigenvalue weighted by Crippen LogP contribution is 2.35. The highest BCUT2D eigenvalue weighted by atomic mass is 79.9. The summed E-state index contributed by atoms with van der Waals surface area (Å²) >= 11 is 6.85. The van der Waals surface area contributed by atoms with Crippen LogP contribution in [0.1, 0.15) is 16.7 Å². The van der Waals surface area contributed by atoms with Crippen molar-refractivity contribution in [2.24, 2.45) is 0 Å². The largest absolute Gasteiger partial charge is 0.493 e. The number of methoxy groups -OCH3 is 1. The van der Waals surface area contributed by atoms with E-state index in [1.54, 1.807) is 31.4 Å². The molecule has 3 aromatic carbocycles. The highest BCUT2D eigenvalue weighted by molar-refractivity contribution is 9.10. The van der Waals surface area contributed by atoms with E-state index in [-0.39, 0.29) is 5.57 Å². The van der Waals surface area contributed by atoms with Crippen molar-refractivity contribution in [3.05, 3.63) is 91.9 Å². The van der Waals surface area contributed by atoms with Crippen molar-refractivity contribution in [2.45, 2.75) is 13.5 Å². The maximum Gasteiger partial charge on any atom is 0.266 e. The fourth-order valence-corrected chi connectivity index (χ4v) is 3.52. The van der Waals surface area contributed by atoms with Gasteiger partial charge in [-0.15, -0.1) is 0 Å². The lowest BCUT2D eigenvalue weighted by Gasteiger charge is -2.13. The standard InChI is InChI=1S/C25H20Br2N2O3/c1-16-3-5-17(6-4-16)15-32-24-13-22(27)18(12-23(24)31-2)11-19(14-28)25(30)29-21-9-7-20(26)8-10-21/h3-13H,15H2,1-2H3,(H,29,30)/b19-11-. The molecular formula is C25H20Br2N2O3. The van der Waals surface area contributed by atoms with Crippen LogP contribution in [0.3, 0.4) is 0 Å². The number of aryl methyl sites for hydroxylation is 1. The van der Waals surface area contributed by atoms with Gasteiger partial charge in [-0.2, -0.15) is 5.26 Å². The molecule has 0 radical (unpaired) electrons. The quantitative estimate of drug-likeness (QED) is 0.261. The van der Waals surface area contributed by atoms with E-state index >= 15 is 0 Å². The Morgan fingerprint density at radius 1 is 1.06 bits per heavy atom. The van der Waals surface area contributed by atoms with Crippen LogP contribution in [0.4, 0.5) is 5.69 Å². The van der Waals surface area contributed by atoms with Crippen LogP contribution in [0.5, 0.6) is 11.5 Å². The lowest BCUT2D eigenvalue weighted by atomic mass is 10.1. The second-order valence-electron chi connectivity index (χ2n) is 6.93. The molecule has 0 aliphatic carbocycles. The van der Waals surface area contributed by atoms with E-state index in [1.807, 2.05) is 49.4 Å². The third-order valence-electron chi connectivity index (χ3n) is 4.56. The number of carbonyl (C=O) groups is 1. The van der Waals surface area contributed by atoms with Gasteiger partial charge < -0.3 is 14.8 Å². The van der Waals surface area contributed by atoms with Gasteiger partial charge in [0, 0.05) is 14.6 Å². The minimum absolute atomic E-state index is 0.0380. The van der Waals surface area contributed by atoms with Crippen molar-refractivity contribution in [1.29, 1.82) is 5.26 Å². The molecule has 32 heavy (non-hydrogen) atoms. The van der Waals surface area contributed by atoms with E-state index in [2.05, 4.69) is 37.2 Å². The first kappa shape index (κ1) is 23.6. The molecule has 162 valence electrons. The summed E-state index contributed by atoms with van der Waals surface area (Å²) in [7, 11) is 1.54. The minimum atomic E-state index is -0.500. The molecule has 0 aliphatic heterocycles. The van der Waals surface area contributed by atoms with Gasteiger partial charge in [0.05, 0.1) is 7.11 Å². The van der Waals surface area contributed by atoms with Gasteiger partial charge >= 0.3 is 0 Å². The summed E-state index contributed by atoms with van der Waals surface area (Å²) < 4.78 is 13.0. The number of benzene rings is 3. The molecule has 0 bridgehead atoms. The van der Waals surface area contributed by atoms with Crippen molar-refractivity contribution < 1.29 is 14.3 Å². The summed E-state index contributed by atoms with van der Waals surface area (Å²) in [6.07, 6.45) is 1.50. The number of carbonyl (C=O) groups excluding carboxylic acids is 1. The molecule has 1 amide bonds. The molecule has 0 heterocycles. The predicted octanol–water partition coefficient (Wildman–Crippen LogP) is 6.65. The zero-order chi connectivity index (χ0) is 23.1. The first-order chi connectivity index (χ1) is 15.4. The van der Waals surface area contributed by atoms with E-state index < -0.39 is 5.91 Å². The highest BCUT2D eigenvalue weighted by Gasteiger charge is 2.14. The average Bonchev–Trinajstić information content (AvgIpc) is 2.79. The Kier molecular flexibility index (Phi) is 8.09. The van der Waals surface area contributed by atoms with Crippen molar-refractivity contribution in [2.75, 3.05) is 12.4 Å².